The normalized spacial score (nSPS) is 21.2. The number of carbonyl (C=O) groups is 2. The van der Waals surface area contributed by atoms with Crippen LogP contribution in [0.15, 0.2) is 11.3 Å². The van der Waals surface area contributed by atoms with E-state index in [1.807, 2.05) is 13.8 Å². The summed E-state index contributed by atoms with van der Waals surface area (Å²) in [7, 11) is 0. The lowest BCUT2D eigenvalue weighted by Crippen LogP contribution is -2.34. The van der Waals surface area contributed by atoms with E-state index in [1.54, 1.807) is 20.8 Å². The third-order valence-corrected chi connectivity index (χ3v) is 2.78. The minimum atomic E-state index is -0.553. The van der Waals surface area contributed by atoms with Crippen molar-refractivity contribution < 1.29 is 14.7 Å². The summed E-state index contributed by atoms with van der Waals surface area (Å²) in [5.41, 5.74) is -0.815. The van der Waals surface area contributed by atoms with Crippen molar-refractivity contribution in [2.45, 2.75) is 47.5 Å². The smallest absolute Gasteiger partial charge is 0.170 e. The molecule has 90 valence electrons. The number of allylic oxidation sites excluding steroid dienone is 2. The van der Waals surface area contributed by atoms with E-state index in [9.17, 15) is 14.7 Å². The summed E-state index contributed by atoms with van der Waals surface area (Å²) in [6.07, 6.45) is 0.655. The van der Waals surface area contributed by atoms with Gasteiger partial charge in [0.05, 0.1) is 5.57 Å². The van der Waals surface area contributed by atoms with Crippen molar-refractivity contribution in [1.82, 2.24) is 0 Å². The van der Waals surface area contributed by atoms with Gasteiger partial charge in [-0.2, -0.15) is 0 Å². The van der Waals surface area contributed by atoms with Crippen molar-refractivity contribution in [1.29, 1.82) is 0 Å². The van der Waals surface area contributed by atoms with Crippen LogP contribution in [0, 0.1) is 10.8 Å². The Balaban J connectivity index is 3.18. The first-order valence-electron chi connectivity index (χ1n) is 5.55. The van der Waals surface area contributed by atoms with Gasteiger partial charge in [-0.1, -0.05) is 34.6 Å². The van der Waals surface area contributed by atoms with Crippen molar-refractivity contribution in [2.24, 2.45) is 10.8 Å². The highest BCUT2D eigenvalue weighted by Crippen LogP contribution is 2.37. The fourth-order valence-electron chi connectivity index (χ4n) is 1.90. The number of aliphatic hydroxyl groups excluding tert-OH is 1. The van der Waals surface area contributed by atoms with Gasteiger partial charge >= 0.3 is 0 Å². The minimum absolute atomic E-state index is 0.0202. The van der Waals surface area contributed by atoms with Gasteiger partial charge in [0.15, 0.2) is 11.6 Å². The van der Waals surface area contributed by atoms with Crippen molar-refractivity contribution >= 4 is 11.6 Å². The summed E-state index contributed by atoms with van der Waals surface area (Å²) in [6, 6.07) is 0. The summed E-state index contributed by atoms with van der Waals surface area (Å²) in [4.78, 5) is 23.7. The maximum absolute atomic E-state index is 11.9. The SMILES string of the molecule is CC1(C)CC(=O)C(=C(O)C(C)(C)C)C(=O)C1. The van der Waals surface area contributed by atoms with Crippen molar-refractivity contribution in [3.63, 3.8) is 0 Å². The molecule has 3 heteroatoms. The second-order valence-electron chi connectivity index (χ2n) is 6.34. The molecule has 16 heavy (non-hydrogen) atoms. The minimum Gasteiger partial charge on any atom is -0.511 e. The molecular weight excluding hydrogens is 204 g/mol. The molecule has 0 atom stereocenters. The zero-order chi connectivity index (χ0) is 12.7. The molecule has 0 aromatic carbocycles. The first-order chi connectivity index (χ1) is 7.04. The first-order valence-corrected chi connectivity index (χ1v) is 5.55. The maximum atomic E-state index is 11.9. The molecule has 0 unspecified atom stereocenters. The Morgan fingerprint density at radius 3 is 1.81 bits per heavy atom. The zero-order valence-electron chi connectivity index (χ0n) is 10.7. The van der Waals surface area contributed by atoms with Gasteiger partial charge in [0.1, 0.15) is 5.76 Å². The zero-order valence-corrected chi connectivity index (χ0v) is 10.7. The number of Topliss-reactive ketones (excluding diaryl/α,β-unsaturated/α-hetero) is 2. The molecule has 1 saturated carbocycles. The molecule has 1 fully saturated rings. The number of hydrogen-bond donors (Lipinski definition) is 1. The van der Waals surface area contributed by atoms with Crippen LogP contribution in [0.3, 0.4) is 0 Å². The molecule has 0 amide bonds. The molecule has 0 radical (unpaired) electrons. The molecule has 0 aromatic rings. The fraction of sp³-hybridized carbons (Fsp3) is 0.692. The Morgan fingerprint density at radius 2 is 1.50 bits per heavy atom. The van der Waals surface area contributed by atoms with Gasteiger partial charge in [-0.25, -0.2) is 0 Å². The Kier molecular flexibility index (Phi) is 3.01. The monoisotopic (exact) mass is 224 g/mol. The molecular formula is C13H20O3. The van der Waals surface area contributed by atoms with Gasteiger partial charge in [-0.05, 0) is 5.41 Å². The first kappa shape index (κ1) is 12.9. The Morgan fingerprint density at radius 1 is 1.12 bits per heavy atom. The molecule has 1 rings (SSSR count). The van der Waals surface area contributed by atoms with E-state index in [1.165, 1.54) is 0 Å². The average Bonchev–Trinajstić information content (AvgIpc) is 1.97. The van der Waals surface area contributed by atoms with Crippen LogP contribution in [0.2, 0.25) is 0 Å². The summed E-state index contributed by atoms with van der Waals surface area (Å²) in [5.74, 6) is -0.527. The van der Waals surface area contributed by atoms with Gasteiger partial charge in [0.2, 0.25) is 0 Å². The molecule has 0 bridgehead atoms. The Bertz CT molecular complexity index is 345. The van der Waals surface area contributed by atoms with Gasteiger partial charge in [-0.15, -0.1) is 0 Å². The topological polar surface area (TPSA) is 54.4 Å². The van der Waals surface area contributed by atoms with Crippen LogP contribution in [-0.2, 0) is 9.59 Å². The number of hydrogen-bond acceptors (Lipinski definition) is 3. The predicted octanol–water partition coefficient (Wildman–Crippen LogP) is 2.80. The van der Waals surface area contributed by atoms with Gasteiger partial charge < -0.3 is 5.11 Å². The lowest BCUT2D eigenvalue weighted by molar-refractivity contribution is -0.127. The molecule has 3 nitrogen and oxygen atoms in total. The molecule has 1 aliphatic rings. The number of ketones is 2. The van der Waals surface area contributed by atoms with Gasteiger partial charge in [0.25, 0.3) is 0 Å². The van der Waals surface area contributed by atoms with Crippen LogP contribution < -0.4 is 0 Å². The lowest BCUT2D eigenvalue weighted by Gasteiger charge is -2.30. The highest BCUT2D eigenvalue weighted by atomic mass is 16.3. The average molecular weight is 224 g/mol. The highest BCUT2D eigenvalue weighted by Gasteiger charge is 2.39. The van der Waals surface area contributed by atoms with Crippen LogP contribution in [0.4, 0.5) is 0 Å². The largest absolute Gasteiger partial charge is 0.511 e. The molecule has 0 spiro atoms. The van der Waals surface area contributed by atoms with Crippen LogP contribution in [-0.4, -0.2) is 16.7 Å². The van der Waals surface area contributed by atoms with Crippen molar-refractivity contribution in [3.8, 4) is 0 Å². The van der Waals surface area contributed by atoms with E-state index in [4.69, 9.17) is 0 Å². The standard InChI is InChI=1S/C13H20O3/c1-12(2,3)11(16)10-8(14)6-13(4,5)7-9(10)15/h16H,6-7H2,1-5H3. The highest BCUT2D eigenvalue weighted by molar-refractivity contribution is 6.22. The molecule has 0 saturated heterocycles. The third kappa shape index (κ3) is 2.52. The molecule has 0 heterocycles. The van der Waals surface area contributed by atoms with Crippen molar-refractivity contribution in [3.05, 3.63) is 11.3 Å². The number of carbonyl (C=O) groups excluding carboxylic acids is 2. The second kappa shape index (κ2) is 3.72. The predicted molar refractivity (Wildman–Crippen MR) is 62.1 cm³/mol. The number of aliphatic hydroxyl groups is 1. The van der Waals surface area contributed by atoms with E-state index < -0.39 is 5.41 Å². The van der Waals surface area contributed by atoms with Crippen LogP contribution in [0.1, 0.15) is 47.5 Å². The Hall–Kier alpha value is -1.12. The molecule has 1 aliphatic carbocycles. The van der Waals surface area contributed by atoms with Crippen molar-refractivity contribution in [2.75, 3.05) is 0 Å². The van der Waals surface area contributed by atoms with E-state index in [0.29, 0.717) is 12.8 Å². The number of rotatable bonds is 0. The summed E-state index contributed by atoms with van der Waals surface area (Å²) in [5, 5.41) is 9.96. The maximum Gasteiger partial charge on any atom is 0.170 e. The third-order valence-electron chi connectivity index (χ3n) is 2.78. The molecule has 1 N–H and O–H groups in total. The van der Waals surface area contributed by atoms with E-state index in [2.05, 4.69) is 0 Å². The van der Waals surface area contributed by atoms with E-state index in [0.717, 1.165) is 0 Å². The van der Waals surface area contributed by atoms with Crippen LogP contribution >= 0.6 is 0 Å². The fourth-order valence-corrected chi connectivity index (χ4v) is 1.90. The lowest BCUT2D eigenvalue weighted by atomic mass is 9.72. The molecule has 0 aliphatic heterocycles. The quantitative estimate of drug-likeness (QED) is 0.391. The molecule has 0 aromatic heterocycles. The van der Waals surface area contributed by atoms with Crippen LogP contribution in [0.5, 0.6) is 0 Å². The summed E-state index contributed by atoms with van der Waals surface area (Å²) >= 11 is 0. The summed E-state index contributed by atoms with van der Waals surface area (Å²) in [6.45, 7) is 9.16. The summed E-state index contributed by atoms with van der Waals surface area (Å²) < 4.78 is 0. The van der Waals surface area contributed by atoms with E-state index >= 15 is 0 Å². The van der Waals surface area contributed by atoms with E-state index in [-0.39, 0.29) is 28.3 Å². The van der Waals surface area contributed by atoms with Gasteiger partial charge in [-0.3, -0.25) is 9.59 Å². The Labute approximate surface area is 96.5 Å². The van der Waals surface area contributed by atoms with Crippen LogP contribution in [0.25, 0.3) is 0 Å². The van der Waals surface area contributed by atoms with Gasteiger partial charge in [0, 0.05) is 18.3 Å². The second-order valence-corrected chi connectivity index (χ2v) is 6.34.